The molecule has 1 aliphatic heterocycles. The van der Waals surface area contributed by atoms with Crippen molar-refractivity contribution in [3.63, 3.8) is 0 Å². The number of nitrogens with zero attached hydrogens (tertiary/aromatic N) is 2. The predicted molar refractivity (Wildman–Crippen MR) is 96.3 cm³/mol. The quantitative estimate of drug-likeness (QED) is 0.900. The summed E-state index contributed by atoms with van der Waals surface area (Å²) in [6.07, 6.45) is 0.340. The van der Waals surface area contributed by atoms with Crippen LogP contribution in [-0.2, 0) is 16.0 Å². The van der Waals surface area contributed by atoms with Gasteiger partial charge in [-0.2, -0.15) is 0 Å². The average molecular weight is 343 g/mol. The molecule has 3 rings (SSSR count). The summed E-state index contributed by atoms with van der Waals surface area (Å²) in [5, 5.41) is 4.67. The van der Waals surface area contributed by atoms with E-state index in [-0.39, 0.29) is 18.4 Å². The van der Waals surface area contributed by atoms with Gasteiger partial charge in [0.05, 0.1) is 13.0 Å². The summed E-state index contributed by atoms with van der Waals surface area (Å²) in [6, 6.07) is 14.1. The van der Waals surface area contributed by atoms with Gasteiger partial charge in [0.2, 0.25) is 11.8 Å². The zero-order chi connectivity index (χ0) is 16.8. The molecule has 0 spiro atoms. The molecule has 0 aliphatic carbocycles. The second kappa shape index (κ2) is 7.97. The van der Waals surface area contributed by atoms with Crippen LogP contribution >= 0.6 is 11.3 Å². The van der Waals surface area contributed by atoms with Crippen molar-refractivity contribution < 1.29 is 9.59 Å². The van der Waals surface area contributed by atoms with Crippen molar-refractivity contribution in [3.8, 4) is 0 Å². The lowest BCUT2D eigenvalue weighted by molar-refractivity contribution is -0.133. The van der Waals surface area contributed by atoms with Gasteiger partial charge in [-0.05, 0) is 23.6 Å². The third-order valence-corrected chi connectivity index (χ3v) is 4.98. The van der Waals surface area contributed by atoms with Crippen molar-refractivity contribution >= 4 is 28.8 Å². The average Bonchev–Trinajstić information content (AvgIpc) is 3.13. The minimum Gasteiger partial charge on any atom is -0.368 e. The summed E-state index contributed by atoms with van der Waals surface area (Å²) in [5.41, 5.74) is 1.19. The fourth-order valence-electron chi connectivity index (χ4n) is 2.77. The molecule has 2 amide bonds. The number of hydrogen-bond donors (Lipinski definition) is 1. The maximum absolute atomic E-state index is 12.2. The van der Waals surface area contributed by atoms with Crippen molar-refractivity contribution in [1.82, 2.24) is 10.2 Å². The van der Waals surface area contributed by atoms with Gasteiger partial charge < -0.3 is 15.1 Å². The first-order valence-electron chi connectivity index (χ1n) is 8.09. The number of hydrogen-bond acceptors (Lipinski definition) is 4. The zero-order valence-corrected chi connectivity index (χ0v) is 14.3. The Hall–Kier alpha value is -2.34. The number of piperazine rings is 1. The molecule has 1 aromatic heterocycles. The van der Waals surface area contributed by atoms with E-state index < -0.39 is 0 Å². The number of amides is 2. The van der Waals surface area contributed by atoms with Crippen molar-refractivity contribution in [2.24, 2.45) is 0 Å². The maximum atomic E-state index is 12.2. The van der Waals surface area contributed by atoms with E-state index >= 15 is 0 Å². The van der Waals surface area contributed by atoms with Gasteiger partial charge in [0.1, 0.15) is 0 Å². The van der Waals surface area contributed by atoms with Crippen LogP contribution in [0.4, 0.5) is 5.69 Å². The van der Waals surface area contributed by atoms with Crippen molar-refractivity contribution in [2.45, 2.75) is 6.42 Å². The van der Waals surface area contributed by atoms with Crippen molar-refractivity contribution in [3.05, 3.63) is 52.7 Å². The van der Waals surface area contributed by atoms with E-state index in [2.05, 4.69) is 22.3 Å². The largest absolute Gasteiger partial charge is 0.368 e. The molecule has 1 aromatic carbocycles. The van der Waals surface area contributed by atoms with E-state index in [1.54, 1.807) is 11.3 Å². The van der Waals surface area contributed by atoms with Crippen LogP contribution in [0.15, 0.2) is 47.8 Å². The fourth-order valence-corrected chi connectivity index (χ4v) is 3.48. The molecular formula is C18H21N3O2S. The van der Waals surface area contributed by atoms with Crippen molar-refractivity contribution in [1.29, 1.82) is 0 Å². The van der Waals surface area contributed by atoms with Gasteiger partial charge in [0, 0.05) is 36.7 Å². The number of rotatable bonds is 5. The zero-order valence-electron chi connectivity index (χ0n) is 13.5. The molecule has 0 unspecified atom stereocenters. The highest BCUT2D eigenvalue weighted by Crippen LogP contribution is 2.15. The number of carbonyl (C=O) groups excluding carboxylic acids is 2. The maximum Gasteiger partial charge on any atom is 0.242 e. The molecule has 5 nitrogen and oxygen atoms in total. The molecule has 1 saturated heterocycles. The fraction of sp³-hybridized carbons (Fsp3) is 0.333. The Kier molecular flexibility index (Phi) is 5.48. The summed E-state index contributed by atoms with van der Waals surface area (Å²) >= 11 is 1.55. The minimum atomic E-state index is -0.103. The summed E-state index contributed by atoms with van der Waals surface area (Å²) < 4.78 is 0. The van der Waals surface area contributed by atoms with Crippen LogP contribution < -0.4 is 10.2 Å². The van der Waals surface area contributed by atoms with Gasteiger partial charge >= 0.3 is 0 Å². The number of nitrogens with one attached hydrogen (secondary N) is 1. The Morgan fingerprint density at radius 2 is 1.75 bits per heavy atom. The van der Waals surface area contributed by atoms with Gasteiger partial charge in [0.25, 0.3) is 0 Å². The molecule has 0 radical (unpaired) electrons. The van der Waals surface area contributed by atoms with Crippen LogP contribution in [0.5, 0.6) is 0 Å². The monoisotopic (exact) mass is 343 g/mol. The summed E-state index contributed by atoms with van der Waals surface area (Å²) in [5.74, 6) is -0.115. The molecule has 1 N–H and O–H groups in total. The Morgan fingerprint density at radius 1 is 1.00 bits per heavy atom. The summed E-state index contributed by atoms with van der Waals surface area (Å²) in [7, 11) is 0. The second-order valence-electron chi connectivity index (χ2n) is 5.74. The first-order chi connectivity index (χ1) is 11.7. The Bertz CT molecular complexity index is 665. The molecule has 0 atom stereocenters. The number of benzene rings is 1. The van der Waals surface area contributed by atoms with E-state index in [1.165, 1.54) is 5.69 Å². The molecule has 2 heterocycles. The highest BCUT2D eigenvalue weighted by atomic mass is 32.1. The molecule has 6 heteroatoms. The lowest BCUT2D eigenvalue weighted by Crippen LogP contribution is -2.51. The van der Waals surface area contributed by atoms with Gasteiger partial charge in [0.15, 0.2) is 0 Å². The molecule has 0 bridgehead atoms. The summed E-state index contributed by atoms with van der Waals surface area (Å²) in [6.45, 7) is 3.09. The van der Waals surface area contributed by atoms with Crippen LogP contribution in [0.25, 0.3) is 0 Å². The smallest absolute Gasteiger partial charge is 0.242 e. The Morgan fingerprint density at radius 3 is 2.42 bits per heavy atom. The SMILES string of the molecule is O=C(Cc1cccs1)NCC(=O)N1CCN(c2ccccc2)CC1. The van der Waals surface area contributed by atoms with Crippen LogP contribution in [0.2, 0.25) is 0 Å². The van der Waals surface area contributed by atoms with E-state index in [0.29, 0.717) is 19.5 Å². The van der Waals surface area contributed by atoms with Crippen molar-refractivity contribution in [2.75, 3.05) is 37.6 Å². The van der Waals surface area contributed by atoms with Crippen LogP contribution in [0.1, 0.15) is 4.88 Å². The lowest BCUT2D eigenvalue weighted by atomic mass is 10.2. The van der Waals surface area contributed by atoms with E-state index in [9.17, 15) is 9.59 Å². The summed E-state index contributed by atoms with van der Waals surface area (Å²) in [4.78, 5) is 29.2. The number of para-hydroxylation sites is 1. The highest BCUT2D eigenvalue weighted by molar-refractivity contribution is 7.10. The molecule has 1 aliphatic rings. The molecule has 126 valence electrons. The molecule has 2 aromatic rings. The topological polar surface area (TPSA) is 52.7 Å². The Labute approximate surface area is 145 Å². The highest BCUT2D eigenvalue weighted by Gasteiger charge is 2.21. The third kappa shape index (κ3) is 4.35. The number of anilines is 1. The normalized spacial score (nSPS) is 14.5. The number of thiophene rings is 1. The van der Waals surface area contributed by atoms with E-state index in [1.807, 2.05) is 40.6 Å². The molecule has 1 fully saturated rings. The first-order valence-corrected chi connectivity index (χ1v) is 8.97. The van der Waals surface area contributed by atoms with E-state index in [4.69, 9.17) is 0 Å². The first kappa shape index (κ1) is 16.5. The number of carbonyl (C=O) groups is 2. The van der Waals surface area contributed by atoms with Gasteiger partial charge in [-0.3, -0.25) is 9.59 Å². The standard InChI is InChI=1S/C18H21N3O2S/c22-17(13-16-7-4-12-24-16)19-14-18(23)21-10-8-20(9-11-21)15-5-2-1-3-6-15/h1-7,12H,8-11,13-14H2,(H,19,22). The van der Waals surface area contributed by atoms with E-state index in [0.717, 1.165) is 18.0 Å². The molecular weight excluding hydrogens is 322 g/mol. The van der Waals surface area contributed by atoms with Gasteiger partial charge in [-0.1, -0.05) is 24.3 Å². The van der Waals surface area contributed by atoms with Gasteiger partial charge in [-0.15, -0.1) is 11.3 Å². The third-order valence-electron chi connectivity index (χ3n) is 4.11. The van der Waals surface area contributed by atoms with Gasteiger partial charge in [-0.25, -0.2) is 0 Å². The van der Waals surface area contributed by atoms with Crippen LogP contribution in [0.3, 0.4) is 0 Å². The predicted octanol–water partition coefficient (Wildman–Crippen LogP) is 1.76. The van der Waals surface area contributed by atoms with Crippen LogP contribution in [-0.4, -0.2) is 49.4 Å². The van der Waals surface area contributed by atoms with Crippen LogP contribution in [0, 0.1) is 0 Å². The minimum absolute atomic E-state index is 0.0118. The Balaban J connectivity index is 1.41. The lowest BCUT2D eigenvalue weighted by Gasteiger charge is -2.36. The molecule has 0 saturated carbocycles. The second-order valence-corrected chi connectivity index (χ2v) is 6.77. The molecule has 24 heavy (non-hydrogen) atoms.